The van der Waals surface area contributed by atoms with Gasteiger partial charge in [-0.25, -0.2) is 0 Å². The third-order valence-corrected chi connectivity index (χ3v) is 4.44. The number of hydrogen-bond donors (Lipinski definition) is 0. The van der Waals surface area contributed by atoms with Crippen LogP contribution in [0.5, 0.6) is 0 Å². The Bertz CT molecular complexity index is 153. The molecule has 0 aliphatic heterocycles. The Labute approximate surface area is 116 Å². The summed E-state index contributed by atoms with van der Waals surface area (Å²) in [6.07, 6.45) is 23.5. The van der Waals surface area contributed by atoms with E-state index in [0.717, 1.165) is 0 Å². The molecule has 1 fully saturated rings. The van der Waals surface area contributed by atoms with E-state index >= 15 is 0 Å². The van der Waals surface area contributed by atoms with Gasteiger partial charge in [-0.2, -0.15) is 0 Å². The van der Waals surface area contributed by atoms with Crippen molar-refractivity contribution in [1.29, 1.82) is 0 Å². The first-order valence-corrected chi connectivity index (χ1v) is 8.77. The summed E-state index contributed by atoms with van der Waals surface area (Å²) < 4.78 is 0. The lowest BCUT2D eigenvalue weighted by molar-refractivity contribution is 0.545. The second kappa shape index (κ2) is 12.1. The molecule has 0 aromatic carbocycles. The third kappa shape index (κ3) is 9.00. The second-order valence-electron chi connectivity index (χ2n) is 6.24. The van der Waals surface area contributed by atoms with Crippen LogP contribution < -0.4 is 0 Å². The predicted octanol–water partition coefficient (Wildman–Crippen LogP) is 6.84. The molecule has 0 aromatic rings. The molecule has 0 atom stereocenters. The van der Waals surface area contributed by atoms with Crippen LogP contribution in [0.15, 0.2) is 0 Å². The standard InChI is InChI=1S/C18H35/c1-2-3-4-5-6-7-8-9-12-15-18-16-13-10-11-14-17-18/h2-17H2,1H3. The molecule has 0 N–H and O–H groups in total. The van der Waals surface area contributed by atoms with Crippen molar-refractivity contribution in [1.82, 2.24) is 0 Å². The van der Waals surface area contributed by atoms with E-state index < -0.39 is 0 Å². The fourth-order valence-corrected chi connectivity index (χ4v) is 3.16. The highest BCUT2D eigenvalue weighted by atomic mass is 14.2. The molecule has 18 heavy (non-hydrogen) atoms. The van der Waals surface area contributed by atoms with E-state index in [1.165, 1.54) is 103 Å². The molecule has 107 valence electrons. The zero-order chi connectivity index (χ0) is 12.9. The Balaban J connectivity index is 1.80. The molecule has 0 heteroatoms. The molecular weight excluding hydrogens is 216 g/mol. The highest BCUT2D eigenvalue weighted by Gasteiger charge is 2.11. The molecule has 0 saturated heterocycles. The van der Waals surface area contributed by atoms with Crippen molar-refractivity contribution >= 4 is 0 Å². The zero-order valence-corrected chi connectivity index (χ0v) is 12.8. The largest absolute Gasteiger partial charge is 0.0654 e. The van der Waals surface area contributed by atoms with Crippen LogP contribution in [0.3, 0.4) is 0 Å². The van der Waals surface area contributed by atoms with Gasteiger partial charge >= 0.3 is 0 Å². The minimum Gasteiger partial charge on any atom is -0.0654 e. The molecule has 0 spiro atoms. The summed E-state index contributed by atoms with van der Waals surface area (Å²) in [4.78, 5) is 0. The Morgan fingerprint density at radius 1 is 0.611 bits per heavy atom. The molecule has 0 nitrogen and oxygen atoms in total. The van der Waals surface area contributed by atoms with Gasteiger partial charge in [0.1, 0.15) is 0 Å². The van der Waals surface area contributed by atoms with Crippen molar-refractivity contribution < 1.29 is 0 Å². The maximum absolute atomic E-state index is 2.30. The van der Waals surface area contributed by atoms with Crippen LogP contribution in [0.1, 0.15) is 110 Å². The van der Waals surface area contributed by atoms with Crippen molar-refractivity contribution in [3.05, 3.63) is 5.92 Å². The summed E-state index contributed by atoms with van der Waals surface area (Å²) in [5.41, 5.74) is 0. The van der Waals surface area contributed by atoms with Gasteiger partial charge in [0, 0.05) is 0 Å². The average molecular weight is 251 g/mol. The molecule has 1 rings (SSSR count). The second-order valence-corrected chi connectivity index (χ2v) is 6.24. The normalized spacial score (nSPS) is 17.8. The van der Waals surface area contributed by atoms with Crippen molar-refractivity contribution in [2.75, 3.05) is 0 Å². The van der Waals surface area contributed by atoms with Crippen molar-refractivity contribution in [3.8, 4) is 0 Å². The summed E-state index contributed by atoms with van der Waals surface area (Å²) in [7, 11) is 0. The minimum absolute atomic E-state index is 1.37. The first-order chi connectivity index (χ1) is 8.93. The third-order valence-electron chi connectivity index (χ3n) is 4.44. The van der Waals surface area contributed by atoms with E-state index in [1.54, 1.807) is 0 Å². The van der Waals surface area contributed by atoms with Crippen LogP contribution in [-0.4, -0.2) is 0 Å². The van der Waals surface area contributed by atoms with Gasteiger partial charge in [-0.05, 0) is 25.2 Å². The summed E-state index contributed by atoms with van der Waals surface area (Å²) in [5, 5.41) is 0. The number of hydrogen-bond acceptors (Lipinski definition) is 0. The van der Waals surface area contributed by atoms with Gasteiger partial charge in [0.25, 0.3) is 0 Å². The van der Waals surface area contributed by atoms with Gasteiger partial charge < -0.3 is 0 Å². The van der Waals surface area contributed by atoms with Crippen molar-refractivity contribution in [2.24, 2.45) is 0 Å². The fourth-order valence-electron chi connectivity index (χ4n) is 3.16. The molecular formula is C18H35. The van der Waals surface area contributed by atoms with Gasteiger partial charge in [-0.1, -0.05) is 90.4 Å². The lowest BCUT2D eigenvalue weighted by atomic mass is 9.93. The predicted molar refractivity (Wildman–Crippen MR) is 82.8 cm³/mol. The van der Waals surface area contributed by atoms with Crippen LogP contribution in [0.25, 0.3) is 0 Å². The van der Waals surface area contributed by atoms with E-state index in [9.17, 15) is 0 Å². The molecule has 1 radical (unpaired) electrons. The van der Waals surface area contributed by atoms with Crippen LogP contribution in [-0.2, 0) is 0 Å². The highest BCUT2D eigenvalue weighted by molar-refractivity contribution is 4.90. The first kappa shape index (κ1) is 16.1. The summed E-state index contributed by atoms with van der Waals surface area (Å²) in [6.45, 7) is 2.30. The average Bonchev–Trinajstić information content (AvgIpc) is 2.65. The van der Waals surface area contributed by atoms with E-state index in [0.29, 0.717) is 0 Å². The number of rotatable bonds is 10. The van der Waals surface area contributed by atoms with Crippen LogP contribution in [0.2, 0.25) is 0 Å². The molecule has 1 saturated carbocycles. The topological polar surface area (TPSA) is 0 Å². The van der Waals surface area contributed by atoms with Crippen molar-refractivity contribution in [3.63, 3.8) is 0 Å². The monoisotopic (exact) mass is 251 g/mol. The van der Waals surface area contributed by atoms with Crippen molar-refractivity contribution in [2.45, 2.75) is 110 Å². The lowest BCUT2D eigenvalue weighted by Crippen LogP contribution is -1.95. The highest BCUT2D eigenvalue weighted by Crippen LogP contribution is 2.29. The van der Waals surface area contributed by atoms with E-state index in [-0.39, 0.29) is 0 Å². The molecule has 0 aromatic heterocycles. The summed E-state index contributed by atoms with van der Waals surface area (Å²) in [6, 6.07) is 0. The van der Waals surface area contributed by atoms with Gasteiger partial charge in [-0.15, -0.1) is 0 Å². The maximum atomic E-state index is 2.30. The Kier molecular flexibility index (Phi) is 10.8. The fraction of sp³-hybridized carbons (Fsp3) is 0.944. The van der Waals surface area contributed by atoms with E-state index in [1.807, 2.05) is 5.92 Å². The molecule has 0 bridgehead atoms. The SMILES string of the molecule is CCCCCCCCCCC[C]1CCCCCC1. The molecule has 0 heterocycles. The molecule has 1 aliphatic rings. The van der Waals surface area contributed by atoms with E-state index in [2.05, 4.69) is 6.92 Å². The molecule has 1 aliphatic carbocycles. The van der Waals surface area contributed by atoms with Crippen LogP contribution in [0, 0.1) is 5.92 Å². The van der Waals surface area contributed by atoms with Gasteiger partial charge in [-0.3, -0.25) is 0 Å². The molecule has 0 amide bonds. The smallest absolute Gasteiger partial charge is 0.0241 e. The summed E-state index contributed by atoms with van der Waals surface area (Å²) >= 11 is 0. The minimum atomic E-state index is 1.37. The Morgan fingerprint density at radius 3 is 1.67 bits per heavy atom. The maximum Gasteiger partial charge on any atom is -0.0241 e. The number of unbranched alkanes of at least 4 members (excludes halogenated alkanes) is 8. The van der Waals surface area contributed by atoms with Crippen LogP contribution >= 0.6 is 0 Å². The van der Waals surface area contributed by atoms with Gasteiger partial charge in [0.2, 0.25) is 0 Å². The Morgan fingerprint density at radius 2 is 1.11 bits per heavy atom. The molecule has 0 unspecified atom stereocenters. The van der Waals surface area contributed by atoms with Crippen LogP contribution in [0.4, 0.5) is 0 Å². The summed E-state index contributed by atoms with van der Waals surface area (Å²) in [5.74, 6) is 1.90. The lowest BCUT2D eigenvalue weighted by Gasteiger charge is -2.12. The van der Waals surface area contributed by atoms with Gasteiger partial charge in [0.05, 0.1) is 0 Å². The van der Waals surface area contributed by atoms with Gasteiger partial charge in [0.15, 0.2) is 0 Å². The van der Waals surface area contributed by atoms with E-state index in [4.69, 9.17) is 0 Å². The Hall–Kier alpha value is 0. The zero-order valence-electron chi connectivity index (χ0n) is 12.8. The quantitative estimate of drug-likeness (QED) is 0.294. The first-order valence-electron chi connectivity index (χ1n) is 8.77.